The fourth-order valence-electron chi connectivity index (χ4n) is 3.73. The van der Waals surface area contributed by atoms with Gasteiger partial charge in [0, 0.05) is 36.0 Å². The second kappa shape index (κ2) is 7.18. The molecule has 0 bridgehead atoms. The van der Waals surface area contributed by atoms with Gasteiger partial charge in [0.1, 0.15) is 11.5 Å². The maximum atomic E-state index is 13.8. The fraction of sp³-hybridized carbons (Fsp3) is 0.421. The number of amides is 2. The molecule has 2 amide bonds. The van der Waals surface area contributed by atoms with Crippen LogP contribution in [0.25, 0.3) is 0 Å². The van der Waals surface area contributed by atoms with E-state index >= 15 is 0 Å². The maximum Gasteiger partial charge on any atom is 0.271 e. The highest BCUT2D eigenvalue weighted by Crippen LogP contribution is 2.44. The van der Waals surface area contributed by atoms with E-state index in [0.717, 1.165) is 0 Å². The molecule has 0 spiro atoms. The van der Waals surface area contributed by atoms with Crippen molar-refractivity contribution in [1.29, 1.82) is 0 Å². The van der Waals surface area contributed by atoms with Crippen LogP contribution >= 0.6 is 11.6 Å². The Morgan fingerprint density at radius 2 is 1.96 bits per heavy atom. The van der Waals surface area contributed by atoms with Crippen molar-refractivity contribution in [3.05, 3.63) is 52.1 Å². The first kappa shape index (κ1) is 18.9. The SMILES string of the molecule is CNC(=O)c1cc(C(=O)N[C@H]2[C@@H]3COC[C@@H]32)n(C(C)c2cc(F)cc(Cl)c2)n1. The van der Waals surface area contributed by atoms with Gasteiger partial charge in [-0.3, -0.25) is 14.3 Å². The molecule has 28 heavy (non-hydrogen) atoms. The average molecular weight is 407 g/mol. The third-order valence-corrected chi connectivity index (χ3v) is 5.63. The van der Waals surface area contributed by atoms with Crippen LogP contribution in [0.1, 0.15) is 39.5 Å². The number of carbonyl (C=O) groups is 2. The molecule has 0 radical (unpaired) electrons. The molecule has 9 heteroatoms. The second-order valence-corrected chi connectivity index (χ2v) is 7.62. The summed E-state index contributed by atoms with van der Waals surface area (Å²) in [4.78, 5) is 24.9. The lowest BCUT2D eigenvalue weighted by Crippen LogP contribution is -2.32. The van der Waals surface area contributed by atoms with Gasteiger partial charge >= 0.3 is 0 Å². The Hall–Kier alpha value is -2.45. The van der Waals surface area contributed by atoms with E-state index in [9.17, 15) is 14.0 Å². The number of halogens is 2. The predicted molar refractivity (Wildman–Crippen MR) is 99.9 cm³/mol. The molecule has 2 heterocycles. The Morgan fingerprint density at radius 3 is 2.61 bits per heavy atom. The molecule has 2 aliphatic rings. The third-order valence-electron chi connectivity index (χ3n) is 5.41. The smallest absolute Gasteiger partial charge is 0.271 e. The monoisotopic (exact) mass is 406 g/mol. The van der Waals surface area contributed by atoms with Gasteiger partial charge in [0.05, 0.1) is 19.3 Å². The number of aromatic nitrogens is 2. The van der Waals surface area contributed by atoms with Crippen LogP contribution in [-0.2, 0) is 4.74 Å². The fourth-order valence-corrected chi connectivity index (χ4v) is 3.97. The number of nitrogens with one attached hydrogen (secondary N) is 2. The minimum atomic E-state index is -0.505. The highest BCUT2D eigenvalue weighted by Gasteiger charge is 2.55. The van der Waals surface area contributed by atoms with E-state index < -0.39 is 17.8 Å². The minimum absolute atomic E-state index is 0.0759. The summed E-state index contributed by atoms with van der Waals surface area (Å²) in [6.45, 7) is 3.06. The molecular weight excluding hydrogens is 387 g/mol. The molecule has 2 fully saturated rings. The van der Waals surface area contributed by atoms with Gasteiger partial charge in [-0.25, -0.2) is 4.39 Å². The molecule has 2 N–H and O–H groups in total. The summed E-state index contributed by atoms with van der Waals surface area (Å²) in [6, 6.07) is 5.17. The van der Waals surface area contributed by atoms with E-state index in [-0.39, 0.29) is 28.4 Å². The number of fused-ring (bicyclic) bond motifs is 1. The van der Waals surface area contributed by atoms with E-state index in [0.29, 0.717) is 30.6 Å². The van der Waals surface area contributed by atoms with Gasteiger partial charge in [-0.05, 0) is 30.7 Å². The molecule has 1 aromatic carbocycles. The van der Waals surface area contributed by atoms with E-state index in [4.69, 9.17) is 16.3 Å². The Bertz CT molecular complexity index is 917. The number of hydrogen-bond acceptors (Lipinski definition) is 4. The van der Waals surface area contributed by atoms with Gasteiger partial charge in [-0.1, -0.05) is 11.6 Å². The first-order valence-electron chi connectivity index (χ1n) is 9.05. The molecule has 1 aromatic heterocycles. The zero-order valence-electron chi connectivity index (χ0n) is 15.4. The van der Waals surface area contributed by atoms with Crippen molar-refractivity contribution >= 4 is 23.4 Å². The van der Waals surface area contributed by atoms with Crippen molar-refractivity contribution in [1.82, 2.24) is 20.4 Å². The molecule has 1 saturated carbocycles. The van der Waals surface area contributed by atoms with Crippen molar-refractivity contribution in [2.24, 2.45) is 11.8 Å². The van der Waals surface area contributed by atoms with Gasteiger partial charge in [0.25, 0.3) is 11.8 Å². The molecule has 1 aliphatic heterocycles. The molecule has 1 unspecified atom stereocenters. The summed E-state index contributed by atoms with van der Waals surface area (Å²) >= 11 is 5.97. The van der Waals surface area contributed by atoms with E-state index in [1.54, 1.807) is 13.0 Å². The van der Waals surface area contributed by atoms with Crippen molar-refractivity contribution < 1.29 is 18.7 Å². The van der Waals surface area contributed by atoms with Crippen molar-refractivity contribution in [3.8, 4) is 0 Å². The number of benzene rings is 1. The molecule has 7 nitrogen and oxygen atoms in total. The second-order valence-electron chi connectivity index (χ2n) is 7.18. The van der Waals surface area contributed by atoms with E-state index in [1.807, 2.05) is 0 Å². The van der Waals surface area contributed by atoms with E-state index in [1.165, 1.54) is 29.9 Å². The van der Waals surface area contributed by atoms with Crippen molar-refractivity contribution in [3.63, 3.8) is 0 Å². The number of hydrogen-bond donors (Lipinski definition) is 2. The van der Waals surface area contributed by atoms with Gasteiger partial charge < -0.3 is 15.4 Å². The van der Waals surface area contributed by atoms with Crippen LogP contribution in [0, 0.1) is 17.7 Å². The number of rotatable bonds is 5. The summed E-state index contributed by atoms with van der Waals surface area (Å²) in [5.74, 6) is -0.522. The minimum Gasteiger partial charge on any atom is -0.381 e. The number of nitrogens with zero attached hydrogens (tertiary/aromatic N) is 2. The van der Waals surface area contributed by atoms with Crippen LogP contribution in [0.4, 0.5) is 4.39 Å². The lowest BCUT2D eigenvalue weighted by molar-refractivity contribution is 0.0915. The summed E-state index contributed by atoms with van der Waals surface area (Å²) in [5.41, 5.74) is 0.890. The molecule has 148 valence electrons. The maximum absolute atomic E-state index is 13.8. The lowest BCUT2D eigenvalue weighted by atomic mass is 10.1. The zero-order chi connectivity index (χ0) is 20.0. The van der Waals surface area contributed by atoms with Gasteiger partial charge in [-0.2, -0.15) is 5.10 Å². The molecule has 1 aliphatic carbocycles. The van der Waals surface area contributed by atoms with Gasteiger partial charge in [0.15, 0.2) is 5.69 Å². The summed E-state index contributed by atoms with van der Waals surface area (Å²) in [5, 5.41) is 10.0. The number of ether oxygens (including phenoxy) is 1. The highest BCUT2D eigenvalue weighted by molar-refractivity contribution is 6.30. The van der Waals surface area contributed by atoms with Crippen LogP contribution in [0.15, 0.2) is 24.3 Å². The van der Waals surface area contributed by atoms with Crippen molar-refractivity contribution in [2.75, 3.05) is 20.3 Å². The van der Waals surface area contributed by atoms with Gasteiger partial charge in [-0.15, -0.1) is 0 Å². The molecular formula is C19H20ClFN4O3. The number of carbonyl (C=O) groups excluding carboxylic acids is 2. The standard InChI is InChI=1S/C19H20ClFN4O3/c1-9(10-3-11(20)5-12(21)4-10)25-16(6-15(24-25)18(26)22-2)19(27)23-17-13-7-28-8-14(13)17/h3-6,9,13-14,17H,7-8H2,1-2H3,(H,22,26)(H,23,27)/t9?,13-,14+,17+. The van der Waals surface area contributed by atoms with Crippen LogP contribution < -0.4 is 10.6 Å². The summed E-state index contributed by atoms with van der Waals surface area (Å²) < 4.78 is 20.6. The van der Waals surface area contributed by atoms with Crippen LogP contribution in [0.5, 0.6) is 0 Å². The van der Waals surface area contributed by atoms with E-state index in [2.05, 4.69) is 15.7 Å². The quantitative estimate of drug-likeness (QED) is 0.795. The predicted octanol–water partition coefficient (Wildman–Crippen LogP) is 2.02. The Balaban J connectivity index is 1.65. The summed E-state index contributed by atoms with van der Waals surface area (Å²) in [7, 11) is 1.49. The first-order chi connectivity index (χ1) is 13.4. The largest absolute Gasteiger partial charge is 0.381 e. The normalized spacial score (nSPS) is 23.8. The highest BCUT2D eigenvalue weighted by atomic mass is 35.5. The first-order valence-corrected chi connectivity index (χ1v) is 9.43. The Morgan fingerprint density at radius 1 is 1.25 bits per heavy atom. The lowest BCUT2D eigenvalue weighted by Gasteiger charge is -2.17. The average Bonchev–Trinajstić information content (AvgIpc) is 3.07. The molecule has 4 rings (SSSR count). The topological polar surface area (TPSA) is 85.3 Å². The molecule has 1 saturated heterocycles. The Labute approximate surface area is 166 Å². The van der Waals surface area contributed by atoms with Gasteiger partial charge in [0.2, 0.25) is 0 Å². The zero-order valence-corrected chi connectivity index (χ0v) is 16.2. The molecule has 2 aromatic rings. The third kappa shape index (κ3) is 3.38. The molecule has 4 atom stereocenters. The van der Waals surface area contributed by atoms with Crippen LogP contribution in [-0.4, -0.2) is 47.9 Å². The Kier molecular flexibility index (Phi) is 4.84. The van der Waals surface area contributed by atoms with Crippen molar-refractivity contribution in [2.45, 2.75) is 19.0 Å². The summed E-state index contributed by atoms with van der Waals surface area (Å²) in [6.07, 6.45) is 0. The van der Waals surface area contributed by atoms with Crippen LogP contribution in [0.2, 0.25) is 5.02 Å². The van der Waals surface area contributed by atoms with Crippen LogP contribution in [0.3, 0.4) is 0 Å².